The smallest absolute Gasteiger partial charge is 0.324 e. The number of aryl methyl sites for hydroxylation is 1. The fourth-order valence-corrected chi connectivity index (χ4v) is 5.32. The highest BCUT2D eigenvalue weighted by Gasteiger charge is 2.20. The van der Waals surface area contributed by atoms with Crippen LogP contribution in [-0.4, -0.2) is 78.4 Å². The Morgan fingerprint density at radius 1 is 0.906 bits per heavy atom. The summed E-state index contributed by atoms with van der Waals surface area (Å²) in [4.78, 5) is 35.1. The molecule has 0 bridgehead atoms. The van der Waals surface area contributed by atoms with Gasteiger partial charge in [0.25, 0.3) is 5.91 Å². The molecule has 2 aromatic heterocycles. The molecule has 3 aromatic carbocycles. The third kappa shape index (κ3) is 10.8. The maximum Gasteiger partial charge on any atom is 0.324 e. The maximum absolute atomic E-state index is 13.1. The number of aromatic nitrogens is 4. The standard InChI is InChI=1S/C40H45N7O6/c1-7-27-22-28(24-29(23-27)38(48)42-16-17-51-20-21-52-19-18-50-6)25-35-41-15-14-37(44-35)53-33-13-12-32(30-10-8-9-11-31(30)33)43-39(49)45-36-26-34(40(2,3)4)46-47(36)5/h1,8-15,22-24,26H,16-21,25H2,2-6H3,(H,42,48)(H2,43,45,49). The van der Waals surface area contributed by atoms with E-state index in [4.69, 9.17) is 25.4 Å². The summed E-state index contributed by atoms with van der Waals surface area (Å²) in [6.45, 7) is 8.78. The number of hydrogen-bond acceptors (Lipinski definition) is 9. The van der Waals surface area contributed by atoms with Crippen LogP contribution in [0.15, 0.2) is 72.9 Å². The molecule has 0 spiro atoms. The molecule has 0 aliphatic carbocycles. The van der Waals surface area contributed by atoms with Gasteiger partial charge in [-0.2, -0.15) is 10.1 Å². The fourth-order valence-electron chi connectivity index (χ4n) is 5.32. The Morgan fingerprint density at radius 3 is 2.40 bits per heavy atom. The van der Waals surface area contributed by atoms with Crippen LogP contribution in [0.3, 0.4) is 0 Å². The highest BCUT2D eigenvalue weighted by atomic mass is 16.5. The monoisotopic (exact) mass is 719 g/mol. The van der Waals surface area contributed by atoms with Gasteiger partial charge in [0, 0.05) is 72.8 Å². The van der Waals surface area contributed by atoms with Gasteiger partial charge in [-0.3, -0.25) is 14.8 Å². The third-order valence-corrected chi connectivity index (χ3v) is 8.04. The Balaban J connectivity index is 1.23. The molecule has 0 radical (unpaired) electrons. The summed E-state index contributed by atoms with van der Waals surface area (Å²) >= 11 is 0. The van der Waals surface area contributed by atoms with Crippen molar-refractivity contribution in [2.24, 2.45) is 7.05 Å². The number of nitrogens with one attached hydrogen (secondary N) is 3. The number of anilines is 2. The second-order valence-electron chi connectivity index (χ2n) is 13.2. The average Bonchev–Trinajstić information content (AvgIpc) is 3.52. The number of hydrogen-bond donors (Lipinski definition) is 3. The number of carbonyl (C=O) groups is 2. The van der Waals surface area contributed by atoms with Crippen LogP contribution in [0.2, 0.25) is 0 Å². The number of rotatable bonds is 16. The Kier molecular flexibility index (Phi) is 13.1. The van der Waals surface area contributed by atoms with E-state index >= 15 is 0 Å². The molecule has 5 rings (SSSR count). The van der Waals surface area contributed by atoms with Gasteiger partial charge < -0.3 is 29.6 Å². The second kappa shape index (κ2) is 18.1. The molecule has 0 fully saturated rings. The first-order chi connectivity index (χ1) is 25.5. The molecule has 0 unspecified atom stereocenters. The van der Waals surface area contributed by atoms with Crippen LogP contribution < -0.4 is 20.7 Å². The fraction of sp³-hybridized carbons (Fsp3) is 0.325. The zero-order valence-corrected chi connectivity index (χ0v) is 30.7. The largest absolute Gasteiger partial charge is 0.438 e. The minimum atomic E-state index is -0.396. The molecule has 53 heavy (non-hydrogen) atoms. The Morgan fingerprint density at radius 2 is 1.66 bits per heavy atom. The highest BCUT2D eigenvalue weighted by molar-refractivity contribution is 6.07. The molecular weight excluding hydrogens is 674 g/mol. The van der Waals surface area contributed by atoms with Gasteiger partial charge in [0.15, 0.2) is 0 Å². The number of amides is 3. The summed E-state index contributed by atoms with van der Waals surface area (Å²) in [5, 5.41) is 14.8. The SMILES string of the molecule is C#Cc1cc(Cc2nccc(Oc3ccc(NC(=O)Nc4cc(C(C)(C)C)nn4C)c4ccccc34)n2)cc(C(=O)NCCOCCOCCOC)c1. The van der Waals surface area contributed by atoms with Crippen LogP contribution in [0, 0.1) is 12.3 Å². The van der Waals surface area contributed by atoms with Gasteiger partial charge in [-0.1, -0.05) is 51.0 Å². The molecule has 5 aromatic rings. The number of fused-ring (bicyclic) bond motifs is 1. The predicted molar refractivity (Wildman–Crippen MR) is 204 cm³/mol. The topological polar surface area (TPSA) is 151 Å². The predicted octanol–water partition coefficient (Wildman–Crippen LogP) is 6.08. The number of benzene rings is 3. The van der Waals surface area contributed by atoms with E-state index in [1.807, 2.05) is 36.4 Å². The van der Waals surface area contributed by atoms with Gasteiger partial charge in [0.05, 0.1) is 44.4 Å². The minimum absolute atomic E-state index is 0.156. The van der Waals surface area contributed by atoms with Crippen LogP contribution in [0.1, 0.15) is 53.8 Å². The summed E-state index contributed by atoms with van der Waals surface area (Å²) in [5.41, 5.74) is 3.08. The number of nitrogens with zero attached hydrogens (tertiary/aromatic N) is 4. The van der Waals surface area contributed by atoms with Crippen LogP contribution in [0.4, 0.5) is 16.3 Å². The van der Waals surface area contributed by atoms with E-state index in [2.05, 4.69) is 57.7 Å². The van der Waals surface area contributed by atoms with Gasteiger partial charge in [-0.25, -0.2) is 9.78 Å². The average molecular weight is 720 g/mol. The molecule has 0 saturated carbocycles. The normalized spacial score (nSPS) is 11.2. The quantitative estimate of drug-likeness (QED) is 0.0815. The van der Waals surface area contributed by atoms with Crippen molar-refractivity contribution in [3.63, 3.8) is 0 Å². The Hall–Kier alpha value is -5.81. The lowest BCUT2D eigenvalue weighted by Gasteiger charge is -2.14. The third-order valence-electron chi connectivity index (χ3n) is 8.04. The van der Waals surface area contributed by atoms with E-state index < -0.39 is 6.03 Å². The summed E-state index contributed by atoms with van der Waals surface area (Å²) in [6, 6.07) is 19.6. The van der Waals surface area contributed by atoms with Crippen molar-refractivity contribution in [3.8, 4) is 24.0 Å². The zero-order valence-electron chi connectivity index (χ0n) is 30.7. The first-order valence-electron chi connectivity index (χ1n) is 17.2. The lowest BCUT2D eigenvalue weighted by atomic mass is 9.92. The van der Waals surface area contributed by atoms with E-state index in [1.165, 1.54) is 0 Å². The molecule has 0 saturated heterocycles. The van der Waals surface area contributed by atoms with Gasteiger partial charge in [0.2, 0.25) is 5.88 Å². The zero-order chi connectivity index (χ0) is 37.8. The van der Waals surface area contributed by atoms with Gasteiger partial charge >= 0.3 is 6.03 Å². The lowest BCUT2D eigenvalue weighted by molar-refractivity contribution is 0.0255. The lowest BCUT2D eigenvalue weighted by Crippen LogP contribution is -2.28. The number of urea groups is 1. The van der Waals surface area contributed by atoms with Crippen molar-refractivity contribution in [2.75, 3.05) is 57.3 Å². The van der Waals surface area contributed by atoms with Crippen LogP contribution in [0.5, 0.6) is 11.6 Å². The molecule has 3 N–H and O–H groups in total. The minimum Gasteiger partial charge on any atom is -0.438 e. The van der Waals surface area contributed by atoms with E-state index in [9.17, 15) is 9.59 Å². The van der Waals surface area contributed by atoms with Crippen molar-refractivity contribution in [3.05, 3.63) is 101 Å². The number of terminal acetylenes is 1. The Labute approximate surface area is 309 Å². The molecule has 13 nitrogen and oxygen atoms in total. The molecule has 0 aliphatic heterocycles. The van der Waals surface area contributed by atoms with Crippen LogP contribution in [-0.2, 0) is 33.1 Å². The van der Waals surface area contributed by atoms with Gasteiger partial charge in [0.1, 0.15) is 17.4 Å². The number of carbonyl (C=O) groups excluding carboxylic acids is 2. The van der Waals surface area contributed by atoms with Crippen molar-refractivity contribution in [2.45, 2.75) is 32.6 Å². The van der Waals surface area contributed by atoms with Gasteiger partial charge in [-0.15, -0.1) is 6.42 Å². The maximum atomic E-state index is 13.1. The second-order valence-corrected chi connectivity index (χ2v) is 13.2. The van der Waals surface area contributed by atoms with E-state index in [1.54, 1.807) is 55.4 Å². The molecular formula is C40H45N7O6. The summed E-state index contributed by atoms with van der Waals surface area (Å²) < 4.78 is 23.7. The number of methoxy groups -OCH3 is 1. The molecule has 13 heteroatoms. The van der Waals surface area contributed by atoms with Crippen LogP contribution >= 0.6 is 0 Å². The van der Waals surface area contributed by atoms with Crippen molar-refractivity contribution >= 4 is 34.2 Å². The van der Waals surface area contributed by atoms with E-state index in [0.717, 1.165) is 22.0 Å². The van der Waals surface area contributed by atoms with Crippen LogP contribution in [0.25, 0.3) is 10.8 Å². The first-order valence-corrected chi connectivity index (χ1v) is 17.2. The van der Waals surface area contributed by atoms with Gasteiger partial charge in [-0.05, 0) is 35.9 Å². The molecule has 0 aliphatic rings. The molecule has 0 atom stereocenters. The summed E-state index contributed by atoms with van der Waals surface area (Å²) in [6.07, 6.45) is 7.65. The Bertz CT molecular complexity index is 2080. The molecule has 2 heterocycles. The highest BCUT2D eigenvalue weighted by Crippen LogP contribution is 2.34. The van der Waals surface area contributed by atoms with Crippen molar-refractivity contribution in [1.29, 1.82) is 0 Å². The van der Waals surface area contributed by atoms with E-state index in [0.29, 0.717) is 86.1 Å². The molecule has 3 amide bonds. The first kappa shape index (κ1) is 38.4. The van der Waals surface area contributed by atoms with Crippen molar-refractivity contribution < 1.29 is 28.5 Å². The van der Waals surface area contributed by atoms with E-state index in [-0.39, 0.29) is 11.3 Å². The number of ether oxygens (including phenoxy) is 4. The van der Waals surface area contributed by atoms with Crippen molar-refractivity contribution in [1.82, 2.24) is 25.1 Å². The summed E-state index contributed by atoms with van der Waals surface area (Å²) in [5.74, 6) is 4.30. The summed E-state index contributed by atoms with van der Waals surface area (Å²) in [7, 11) is 3.41. The molecule has 276 valence electrons.